The molecule has 0 aliphatic heterocycles. The molecule has 7 nitrogen and oxygen atoms in total. The monoisotopic (exact) mass is 413 g/mol. The van der Waals surface area contributed by atoms with Crippen LogP contribution in [0.4, 0.5) is 0 Å². The SMILES string of the molecule is CCOc1ccc(-c2ccc(OCCNS(=O)(=O)Cc3ccccc3)nn2)cc1. The Balaban J connectivity index is 1.46. The standard InChI is InChI=1S/C21H23N3O4S/c1-2-27-19-10-8-18(9-11-19)20-12-13-21(24-23-20)28-15-14-22-29(25,26)16-17-6-4-3-5-7-17/h3-13,22H,2,14-16H2,1H3. The van der Waals surface area contributed by atoms with Crippen LogP contribution in [0.2, 0.25) is 0 Å². The summed E-state index contributed by atoms with van der Waals surface area (Å²) in [4.78, 5) is 0. The van der Waals surface area contributed by atoms with Crippen molar-refractivity contribution in [3.8, 4) is 22.9 Å². The smallest absolute Gasteiger partial charge is 0.233 e. The van der Waals surface area contributed by atoms with E-state index in [-0.39, 0.29) is 18.9 Å². The average molecular weight is 413 g/mol. The van der Waals surface area contributed by atoms with Crippen LogP contribution < -0.4 is 14.2 Å². The van der Waals surface area contributed by atoms with Crippen LogP contribution >= 0.6 is 0 Å². The Morgan fingerprint density at radius 1 is 0.897 bits per heavy atom. The van der Waals surface area contributed by atoms with Crippen LogP contribution in [0.3, 0.4) is 0 Å². The zero-order valence-electron chi connectivity index (χ0n) is 16.1. The van der Waals surface area contributed by atoms with Crippen molar-refractivity contribution in [1.82, 2.24) is 14.9 Å². The van der Waals surface area contributed by atoms with Crippen molar-refractivity contribution in [1.29, 1.82) is 0 Å². The van der Waals surface area contributed by atoms with Crippen molar-refractivity contribution in [3.05, 3.63) is 72.3 Å². The fourth-order valence-electron chi connectivity index (χ4n) is 2.64. The van der Waals surface area contributed by atoms with Gasteiger partial charge in [0.05, 0.1) is 18.1 Å². The molecule has 8 heteroatoms. The van der Waals surface area contributed by atoms with Gasteiger partial charge in [-0.05, 0) is 42.8 Å². The van der Waals surface area contributed by atoms with Gasteiger partial charge >= 0.3 is 0 Å². The number of hydrogen-bond donors (Lipinski definition) is 1. The Kier molecular flexibility index (Phi) is 7.15. The minimum absolute atomic E-state index is 0.0651. The number of sulfonamides is 1. The van der Waals surface area contributed by atoms with Crippen LogP contribution in [0.1, 0.15) is 12.5 Å². The molecule has 0 spiro atoms. The van der Waals surface area contributed by atoms with Gasteiger partial charge in [-0.3, -0.25) is 0 Å². The summed E-state index contributed by atoms with van der Waals surface area (Å²) in [5, 5.41) is 8.19. The molecule has 0 bridgehead atoms. The minimum Gasteiger partial charge on any atom is -0.494 e. The van der Waals surface area contributed by atoms with Gasteiger partial charge in [0.2, 0.25) is 15.9 Å². The predicted octanol–water partition coefficient (Wildman–Crippen LogP) is 3.04. The predicted molar refractivity (Wildman–Crippen MR) is 111 cm³/mol. The van der Waals surface area contributed by atoms with Gasteiger partial charge in [-0.25, -0.2) is 13.1 Å². The van der Waals surface area contributed by atoms with Gasteiger partial charge in [-0.1, -0.05) is 30.3 Å². The van der Waals surface area contributed by atoms with Crippen LogP contribution in [0, 0.1) is 0 Å². The zero-order valence-corrected chi connectivity index (χ0v) is 16.9. The van der Waals surface area contributed by atoms with Gasteiger partial charge in [0, 0.05) is 18.2 Å². The first-order valence-electron chi connectivity index (χ1n) is 9.27. The number of nitrogens with zero attached hydrogens (tertiary/aromatic N) is 2. The van der Waals surface area contributed by atoms with Gasteiger partial charge in [-0.2, -0.15) is 0 Å². The number of rotatable bonds is 10. The highest BCUT2D eigenvalue weighted by molar-refractivity contribution is 7.88. The van der Waals surface area contributed by atoms with E-state index in [4.69, 9.17) is 9.47 Å². The number of ether oxygens (including phenoxy) is 2. The lowest BCUT2D eigenvalue weighted by Crippen LogP contribution is -2.29. The maximum atomic E-state index is 12.1. The lowest BCUT2D eigenvalue weighted by atomic mass is 10.1. The summed E-state index contributed by atoms with van der Waals surface area (Å²) in [6.45, 7) is 2.86. The van der Waals surface area contributed by atoms with Crippen molar-refractivity contribution in [2.45, 2.75) is 12.7 Å². The molecule has 0 saturated carbocycles. The molecule has 0 atom stereocenters. The van der Waals surface area contributed by atoms with E-state index in [0.717, 1.165) is 16.9 Å². The molecule has 1 heterocycles. The van der Waals surface area contributed by atoms with E-state index in [1.807, 2.05) is 49.4 Å². The second kappa shape index (κ2) is 9.99. The molecule has 2 aromatic carbocycles. The van der Waals surface area contributed by atoms with E-state index in [0.29, 0.717) is 18.2 Å². The summed E-state index contributed by atoms with van der Waals surface area (Å²) in [6, 6.07) is 20.1. The normalized spacial score (nSPS) is 11.2. The Bertz CT molecular complexity index is 992. The van der Waals surface area contributed by atoms with Gasteiger partial charge < -0.3 is 9.47 Å². The molecule has 0 aliphatic rings. The molecule has 0 radical (unpaired) electrons. The Morgan fingerprint density at radius 3 is 2.31 bits per heavy atom. The molecule has 1 aromatic heterocycles. The maximum absolute atomic E-state index is 12.1. The van der Waals surface area contributed by atoms with Crippen molar-refractivity contribution < 1.29 is 17.9 Å². The van der Waals surface area contributed by atoms with Crippen molar-refractivity contribution in [2.24, 2.45) is 0 Å². The molecule has 0 amide bonds. The third kappa shape index (κ3) is 6.55. The van der Waals surface area contributed by atoms with E-state index < -0.39 is 10.0 Å². The number of benzene rings is 2. The first-order valence-corrected chi connectivity index (χ1v) is 10.9. The van der Waals surface area contributed by atoms with E-state index in [1.54, 1.807) is 24.3 Å². The number of aromatic nitrogens is 2. The third-order valence-corrected chi connectivity index (χ3v) is 5.33. The zero-order chi connectivity index (χ0) is 20.5. The highest BCUT2D eigenvalue weighted by Gasteiger charge is 2.11. The molecule has 0 saturated heterocycles. The molecular formula is C21H23N3O4S. The lowest BCUT2D eigenvalue weighted by molar-refractivity contribution is 0.307. The van der Waals surface area contributed by atoms with Crippen LogP contribution in [-0.2, 0) is 15.8 Å². The Labute approximate surface area is 170 Å². The van der Waals surface area contributed by atoms with E-state index in [2.05, 4.69) is 14.9 Å². The first kappa shape index (κ1) is 20.8. The molecule has 0 aliphatic carbocycles. The van der Waals surface area contributed by atoms with Crippen LogP contribution in [-0.4, -0.2) is 38.4 Å². The fourth-order valence-corrected chi connectivity index (χ4v) is 3.76. The highest BCUT2D eigenvalue weighted by atomic mass is 32.2. The largest absolute Gasteiger partial charge is 0.494 e. The molecular weight excluding hydrogens is 390 g/mol. The highest BCUT2D eigenvalue weighted by Crippen LogP contribution is 2.21. The third-order valence-electron chi connectivity index (χ3n) is 3.97. The second-order valence-corrected chi connectivity index (χ2v) is 8.01. The molecule has 0 unspecified atom stereocenters. The fraction of sp³-hybridized carbons (Fsp3) is 0.238. The molecule has 1 N–H and O–H groups in total. The van der Waals surface area contributed by atoms with Crippen LogP contribution in [0.5, 0.6) is 11.6 Å². The van der Waals surface area contributed by atoms with E-state index in [1.165, 1.54) is 0 Å². The first-order chi connectivity index (χ1) is 14.1. The maximum Gasteiger partial charge on any atom is 0.233 e. The van der Waals surface area contributed by atoms with E-state index >= 15 is 0 Å². The van der Waals surface area contributed by atoms with Crippen molar-refractivity contribution >= 4 is 10.0 Å². The van der Waals surface area contributed by atoms with Crippen molar-refractivity contribution in [2.75, 3.05) is 19.8 Å². The molecule has 152 valence electrons. The molecule has 29 heavy (non-hydrogen) atoms. The minimum atomic E-state index is -3.42. The number of nitrogens with one attached hydrogen (secondary N) is 1. The molecule has 0 fully saturated rings. The van der Waals surface area contributed by atoms with Gasteiger partial charge in [-0.15, -0.1) is 10.2 Å². The summed E-state index contributed by atoms with van der Waals surface area (Å²) in [7, 11) is -3.42. The van der Waals surface area contributed by atoms with Crippen molar-refractivity contribution in [3.63, 3.8) is 0 Å². The summed E-state index contributed by atoms with van der Waals surface area (Å²) < 4.78 is 37.6. The summed E-state index contributed by atoms with van der Waals surface area (Å²) in [5.74, 6) is 1.07. The summed E-state index contributed by atoms with van der Waals surface area (Å²) >= 11 is 0. The second-order valence-electron chi connectivity index (χ2n) is 6.20. The quantitative estimate of drug-likeness (QED) is 0.514. The van der Waals surface area contributed by atoms with Gasteiger partial charge in [0.25, 0.3) is 0 Å². The van der Waals surface area contributed by atoms with Crippen LogP contribution in [0.25, 0.3) is 11.3 Å². The van der Waals surface area contributed by atoms with Gasteiger partial charge in [0.1, 0.15) is 12.4 Å². The summed E-state index contributed by atoms with van der Waals surface area (Å²) in [5.41, 5.74) is 2.36. The molecule has 3 aromatic rings. The topological polar surface area (TPSA) is 90.4 Å². The Morgan fingerprint density at radius 2 is 1.66 bits per heavy atom. The van der Waals surface area contributed by atoms with Crippen LogP contribution in [0.15, 0.2) is 66.7 Å². The lowest BCUT2D eigenvalue weighted by Gasteiger charge is -2.08. The Hall–Kier alpha value is -2.97. The number of hydrogen-bond acceptors (Lipinski definition) is 6. The summed E-state index contributed by atoms with van der Waals surface area (Å²) in [6.07, 6.45) is 0. The van der Waals surface area contributed by atoms with E-state index in [9.17, 15) is 8.42 Å². The van der Waals surface area contributed by atoms with Gasteiger partial charge in [0.15, 0.2) is 0 Å². The average Bonchev–Trinajstić information content (AvgIpc) is 2.73. The molecule has 3 rings (SSSR count).